The highest BCUT2D eigenvalue weighted by Crippen LogP contribution is 2.32. The standard InChI is InChI=1S/C31H29F4N7O2/c1-19-3-4-20(28(43)40-27-16-21(31(33,34)35)5-10-26(27)32)15-25(19)29(44)38-23-17-36-30(37-18-23)39-22-6-8-24(9-7-22)42-13-11-41(2)12-14-42/h3-10,15-18H,11-14H2,1-2H3,(H,38,44)(H,40,43)(H,36,37,39). The third-order valence-corrected chi connectivity index (χ3v) is 7.19. The van der Waals surface area contributed by atoms with Crippen molar-refractivity contribution in [2.24, 2.45) is 0 Å². The first-order valence-electron chi connectivity index (χ1n) is 13.7. The molecule has 1 fully saturated rings. The Balaban J connectivity index is 1.21. The average molecular weight is 608 g/mol. The molecule has 0 radical (unpaired) electrons. The zero-order chi connectivity index (χ0) is 31.4. The largest absolute Gasteiger partial charge is 0.416 e. The predicted molar refractivity (Wildman–Crippen MR) is 160 cm³/mol. The van der Waals surface area contributed by atoms with Gasteiger partial charge in [0.25, 0.3) is 11.8 Å². The number of piperazine rings is 1. The van der Waals surface area contributed by atoms with Crippen LogP contribution >= 0.6 is 0 Å². The molecule has 2 amide bonds. The average Bonchev–Trinajstić information content (AvgIpc) is 2.99. The van der Waals surface area contributed by atoms with Crippen LogP contribution in [0.5, 0.6) is 0 Å². The molecule has 9 nitrogen and oxygen atoms in total. The van der Waals surface area contributed by atoms with E-state index in [0.29, 0.717) is 35.4 Å². The SMILES string of the molecule is Cc1ccc(C(=O)Nc2cc(C(F)(F)F)ccc2F)cc1C(=O)Nc1cnc(Nc2ccc(N3CCN(C)CC3)cc2)nc1. The van der Waals surface area contributed by atoms with Gasteiger partial charge in [0.05, 0.1) is 29.3 Å². The van der Waals surface area contributed by atoms with E-state index < -0.39 is 35.1 Å². The molecule has 2 heterocycles. The van der Waals surface area contributed by atoms with Crippen LogP contribution in [-0.2, 0) is 6.18 Å². The van der Waals surface area contributed by atoms with E-state index in [-0.39, 0.29) is 11.1 Å². The molecule has 0 unspecified atom stereocenters. The number of carbonyl (C=O) groups is 2. The van der Waals surface area contributed by atoms with Crippen LogP contribution in [0, 0.1) is 12.7 Å². The van der Waals surface area contributed by atoms with Crippen LogP contribution in [0.15, 0.2) is 73.1 Å². The van der Waals surface area contributed by atoms with E-state index in [0.717, 1.165) is 37.6 Å². The maximum Gasteiger partial charge on any atom is 0.416 e. The topological polar surface area (TPSA) is 102 Å². The van der Waals surface area contributed by atoms with Crippen molar-refractivity contribution in [3.8, 4) is 0 Å². The van der Waals surface area contributed by atoms with Crippen LogP contribution in [0.1, 0.15) is 31.8 Å². The van der Waals surface area contributed by atoms with Gasteiger partial charge in [-0.1, -0.05) is 6.07 Å². The lowest BCUT2D eigenvalue weighted by molar-refractivity contribution is -0.137. The highest BCUT2D eigenvalue weighted by Gasteiger charge is 2.31. The molecule has 4 aromatic rings. The molecule has 228 valence electrons. The maximum atomic E-state index is 14.1. The maximum absolute atomic E-state index is 14.1. The van der Waals surface area contributed by atoms with Crippen molar-refractivity contribution < 1.29 is 27.2 Å². The monoisotopic (exact) mass is 607 g/mol. The molecule has 1 aromatic heterocycles. The molecule has 3 aromatic carbocycles. The number of benzene rings is 3. The summed E-state index contributed by atoms with van der Waals surface area (Å²) in [5.74, 6) is -2.15. The van der Waals surface area contributed by atoms with Crippen molar-refractivity contribution in [3.63, 3.8) is 0 Å². The molecule has 5 rings (SSSR count). The fourth-order valence-electron chi connectivity index (χ4n) is 4.60. The number of likely N-dealkylation sites (N-methyl/N-ethyl adjacent to an activating group) is 1. The number of amides is 2. The quantitative estimate of drug-likeness (QED) is 0.224. The number of rotatable bonds is 7. The van der Waals surface area contributed by atoms with Gasteiger partial charge in [-0.2, -0.15) is 13.2 Å². The Hall–Kier alpha value is -5.04. The molecule has 44 heavy (non-hydrogen) atoms. The second-order valence-corrected chi connectivity index (χ2v) is 10.4. The van der Waals surface area contributed by atoms with Crippen LogP contribution < -0.4 is 20.9 Å². The molecule has 0 atom stereocenters. The second kappa shape index (κ2) is 12.7. The van der Waals surface area contributed by atoms with Gasteiger partial charge in [-0.25, -0.2) is 14.4 Å². The Labute approximate surface area is 250 Å². The van der Waals surface area contributed by atoms with Crippen LogP contribution in [0.3, 0.4) is 0 Å². The van der Waals surface area contributed by atoms with Crippen molar-refractivity contribution in [2.75, 3.05) is 54.1 Å². The third-order valence-electron chi connectivity index (χ3n) is 7.19. The van der Waals surface area contributed by atoms with Crippen LogP contribution in [0.4, 0.5) is 46.3 Å². The minimum Gasteiger partial charge on any atom is -0.369 e. The van der Waals surface area contributed by atoms with E-state index in [1.54, 1.807) is 6.92 Å². The minimum atomic E-state index is -4.71. The van der Waals surface area contributed by atoms with E-state index in [9.17, 15) is 27.2 Å². The number of aryl methyl sites for hydroxylation is 1. The third kappa shape index (κ3) is 7.29. The molecule has 13 heteroatoms. The van der Waals surface area contributed by atoms with Crippen LogP contribution in [0.2, 0.25) is 0 Å². The van der Waals surface area contributed by atoms with Crippen LogP contribution in [-0.4, -0.2) is 59.9 Å². The zero-order valence-corrected chi connectivity index (χ0v) is 23.9. The summed E-state index contributed by atoms with van der Waals surface area (Å²) in [6, 6.07) is 13.8. The van der Waals surface area contributed by atoms with Gasteiger partial charge in [0, 0.05) is 48.7 Å². The summed E-state index contributed by atoms with van der Waals surface area (Å²) in [4.78, 5) is 38.9. The highest BCUT2D eigenvalue weighted by atomic mass is 19.4. The van der Waals surface area contributed by atoms with Gasteiger partial charge in [0.1, 0.15) is 5.82 Å². The van der Waals surface area contributed by atoms with Crippen molar-refractivity contribution >= 4 is 40.5 Å². The van der Waals surface area contributed by atoms with Crippen molar-refractivity contribution in [3.05, 3.63) is 101 Å². The van der Waals surface area contributed by atoms with Crippen LogP contribution in [0.25, 0.3) is 0 Å². The number of carbonyl (C=O) groups excluding carboxylic acids is 2. The van der Waals surface area contributed by atoms with E-state index in [1.807, 2.05) is 24.3 Å². The fourth-order valence-corrected chi connectivity index (χ4v) is 4.60. The molecule has 0 spiro atoms. The number of hydrogen-bond donors (Lipinski definition) is 3. The molecule has 1 aliphatic heterocycles. The van der Waals surface area contributed by atoms with Gasteiger partial charge in [0.15, 0.2) is 0 Å². The Morgan fingerprint density at radius 2 is 1.50 bits per heavy atom. The van der Waals surface area contributed by atoms with E-state index in [2.05, 4.69) is 42.8 Å². The number of halogens is 4. The van der Waals surface area contributed by atoms with Gasteiger partial charge in [0.2, 0.25) is 5.95 Å². The summed E-state index contributed by atoms with van der Waals surface area (Å²) in [6.07, 6.45) is -1.86. The zero-order valence-electron chi connectivity index (χ0n) is 23.9. The number of alkyl halides is 3. The lowest BCUT2D eigenvalue weighted by Crippen LogP contribution is -2.44. The molecule has 1 saturated heterocycles. The van der Waals surface area contributed by atoms with Crippen molar-refractivity contribution in [1.82, 2.24) is 14.9 Å². The lowest BCUT2D eigenvalue weighted by Gasteiger charge is -2.34. The molecular weight excluding hydrogens is 578 g/mol. The normalized spacial score (nSPS) is 13.8. The van der Waals surface area contributed by atoms with E-state index in [4.69, 9.17) is 0 Å². The second-order valence-electron chi connectivity index (χ2n) is 10.4. The van der Waals surface area contributed by atoms with Crippen molar-refractivity contribution in [1.29, 1.82) is 0 Å². The van der Waals surface area contributed by atoms with Gasteiger partial charge in [-0.15, -0.1) is 0 Å². The Kier molecular flexibility index (Phi) is 8.76. The lowest BCUT2D eigenvalue weighted by atomic mass is 10.0. The molecule has 0 aliphatic carbocycles. The van der Waals surface area contributed by atoms with Gasteiger partial charge in [-0.05, 0) is 74.1 Å². The summed E-state index contributed by atoms with van der Waals surface area (Å²) in [7, 11) is 2.11. The number of hydrogen-bond acceptors (Lipinski definition) is 7. The summed E-state index contributed by atoms with van der Waals surface area (Å²) < 4.78 is 53.2. The summed E-state index contributed by atoms with van der Waals surface area (Å²) in [5.41, 5.74) is 1.11. The van der Waals surface area contributed by atoms with Crippen molar-refractivity contribution in [2.45, 2.75) is 13.1 Å². The number of anilines is 5. The molecule has 1 aliphatic rings. The first-order chi connectivity index (χ1) is 21.0. The number of nitrogens with zero attached hydrogens (tertiary/aromatic N) is 4. The van der Waals surface area contributed by atoms with Gasteiger partial charge < -0.3 is 25.8 Å². The Morgan fingerprint density at radius 1 is 0.818 bits per heavy atom. The molecular formula is C31H29F4N7O2. The number of aromatic nitrogens is 2. The molecule has 0 bridgehead atoms. The predicted octanol–water partition coefficient (Wildman–Crippen LogP) is 5.94. The Bertz CT molecular complexity index is 1650. The smallest absolute Gasteiger partial charge is 0.369 e. The van der Waals surface area contributed by atoms with E-state index in [1.165, 1.54) is 30.6 Å². The summed E-state index contributed by atoms with van der Waals surface area (Å²) in [6.45, 7) is 5.62. The first kappa shape index (κ1) is 30.4. The van der Waals surface area contributed by atoms with Gasteiger partial charge >= 0.3 is 6.18 Å². The Morgan fingerprint density at radius 3 is 2.16 bits per heavy atom. The first-order valence-corrected chi connectivity index (χ1v) is 13.7. The fraction of sp³-hybridized carbons (Fsp3) is 0.226. The number of nitrogens with one attached hydrogen (secondary N) is 3. The molecule has 3 N–H and O–H groups in total. The minimum absolute atomic E-state index is 0.0491. The van der Waals surface area contributed by atoms with E-state index >= 15 is 0 Å². The molecule has 0 saturated carbocycles. The van der Waals surface area contributed by atoms with Gasteiger partial charge in [-0.3, -0.25) is 9.59 Å². The summed E-state index contributed by atoms with van der Waals surface area (Å²) in [5, 5.41) is 7.94. The summed E-state index contributed by atoms with van der Waals surface area (Å²) >= 11 is 0. The highest BCUT2D eigenvalue weighted by molar-refractivity contribution is 6.09.